The summed E-state index contributed by atoms with van der Waals surface area (Å²) in [7, 11) is 0. The van der Waals surface area contributed by atoms with Gasteiger partial charge in [-0.05, 0) is 24.0 Å². The van der Waals surface area contributed by atoms with Crippen molar-refractivity contribution < 1.29 is 15.0 Å². The number of hydrogen-bond acceptors (Lipinski definition) is 2. The van der Waals surface area contributed by atoms with Gasteiger partial charge in [0.1, 0.15) is 0 Å². The van der Waals surface area contributed by atoms with Crippen molar-refractivity contribution in [3.8, 4) is 0 Å². The van der Waals surface area contributed by atoms with Gasteiger partial charge in [-0.25, -0.2) is 0 Å². The van der Waals surface area contributed by atoms with Crippen molar-refractivity contribution >= 4 is 5.97 Å². The van der Waals surface area contributed by atoms with Gasteiger partial charge in [0.2, 0.25) is 0 Å². The second kappa shape index (κ2) is 3.10. The van der Waals surface area contributed by atoms with Crippen LogP contribution in [0, 0.1) is 5.41 Å². The maximum atomic E-state index is 11.1. The summed E-state index contributed by atoms with van der Waals surface area (Å²) >= 11 is 0. The third-order valence-electron chi connectivity index (χ3n) is 2.93. The van der Waals surface area contributed by atoms with Crippen LogP contribution in [0.2, 0.25) is 0 Å². The quantitative estimate of drug-likeness (QED) is 0.730. The van der Waals surface area contributed by atoms with Gasteiger partial charge in [-0.1, -0.05) is 24.3 Å². The molecule has 0 amide bonds. The van der Waals surface area contributed by atoms with Gasteiger partial charge in [0.15, 0.2) is 0 Å². The van der Waals surface area contributed by atoms with E-state index in [2.05, 4.69) is 0 Å². The molecule has 0 bridgehead atoms. The molecule has 0 heterocycles. The second-order valence-electron chi connectivity index (χ2n) is 3.87. The van der Waals surface area contributed by atoms with E-state index < -0.39 is 11.4 Å². The monoisotopic (exact) mass is 192 g/mol. The molecule has 1 aliphatic carbocycles. The summed E-state index contributed by atoms with van der Waals surface area (Å²) in [6.45, 7) is -0.295. The molecule has 0 aliphatic heterocycles. The molecule has 1 aromatic carbocycles. The first-order chi connectivity index (χ1) is 6.68. The van der Waals surface area contributed by atoms with Gasteiger partial charge in [0, 0.05) is 0 Å². The second-order valence-corrected chi connectivity index (χ2v) is 3.87. The number of carboxylic acids is 1. The molecule has 14 heavy (non-hydrogen) atoms. The number of carbonyl (C=O) groups is 1. The van der Waals surface area contributed by atoms with Crippen molar-refractivity contribution in [2.75, 3.05) is 6.61 Å². The van der Waals surface area contributed by atoms with Crippen molar-refractivity contribution in [3.05, 3.63) is 35.4 Å². The molecule has 2 rings (SSSR count). The summed E-state index contributed by atoms with van der Waals surface area (Å²) in [5.41, 5.74) is 1.11. The van der Waals surface area contributed by atoms with Crippen molar-refractivity contribution in [1.29, 1.82) is 0 Å². The molecule has 0 saturated carbocycles. The molecule has 0 radical (unpaired) electrons. The van der Waals surface area contributed by atoms with Gasteiger partial charge in [0.25, 0.3) is 0 Å². The van der Waals surface area contributed by atoms with Crippen LogP contribution in [-0.4, -0.2) is 22.8 Å². The van der Waals surface area contributed by atoms with Crippen LogP contribution in [0.4, 0.5) is 0 Å². The van der Waals surface area contributed by atoms with Gasteiger partial charge >= 0.3 is 5.97 Å². The highest BCUT2D eigenvalue weighted by Crippen LogP contribution is 2.36. The zero-order valence-corrected chi connectivity index (χ0v) is 7.73. The first-order valence-corrected chi connectivity index (χ1v) is 4.59. The van der Waals surface area contributed by atoms with E-state index >= 15 is 0 Å². The number of benzene rings is 1. The molecule has 0 fully saturated rings. The molecule has 3 heteroatoms. The lowest BCUT2D eigenvalue weighted by Crippen LogP contribution is -2.35. The average Bonchev–Trinajstić information content (AvgIpc) is 2.57. The smallest absolute Gasteiger partial charge is 0.312 e. The summed E-state index contributed by atoms with van der Waals surface area (Å²) in [6, 6.07) is 7.65. The molecule has 1 aliphatic rings. The van der Waals surface area contributed by atoms with E-state index in [0.29, 0.717) is 12.8 Å². The van der Waals surface area contributed by atoms with Gasteiger partial charge < -0.3 is 10.2 Å². The largest absolute Gasteiger partial charge is 0.481 e. The minimum atomic E-state index is -0.982. The summed E-state index contributed by atoms with van der Waals surface area (Å²) in [5, 5.41) is 18.3. The van der Waals surface area contributed by atoms with E-state index in [1.807, 2.05) is 24.3 Å². The summed E-state index contributed by atoms with van der Waals surface area (Å²) in [5.74, 6) is -0.906. The van der Waals surface area contributed by atoms with E-state index in [4.69, 9.17) is 5.11 Å². The van der Waals surface area contributed by atoms with Crippen LogP contribution in [-0.2, 0) is 17.6 Å². The Balaban J connectivity index is 2.37. The lowest BCUT2D eigenvalue weighted by Gasteiger charge is -2.19. The fourth-order valence-corrected chi connectivity index (χ4v) is 2.02. The average molecular weight is 192 g/mol. The standard InChI is InChI=1S/C11H12O3/c12-7-11(10(13)14)5-8-3-1-2-4-9(8)6-11/h1-4,12H,5-7H2,(H,13,14). The topological polar surface area (TPSA) is 57.5 Å². The molecule has 0 saturated heterocycles. The Bertz CT molecular complexity index is 346. The van der Waals surface area contributed by atoms with Crippen LogP contribution in [0.5, 0.6) is 0 Å². The number of aliphatic carboxylic acids is 1. The SMILES string of the molecule is O=C(O)C1(CO)Cc2ccccc2C1. The summed E-state index contributed by atoms with van der Waals surface area (Å²) in [4.78, 5) is 11.1. The Hall–Kier alpha value is -1.35. The number of fused-ring (bicyclic) bond motifs is 1. The highest BCUT2D eigenvalue weighted by atomic mass is 16.4. The summed E-state index contributed by atoms with van der Waals surface area (Å²) < 4.78 is 0. The number of rotatable bonds is 2. The van der Waals surface area contributed by atoms with Crippen LogP contribution >= 0.6 is 0 Å². The third-order valence-corrected chi connectivity index (χ3v) is 2.93. The molecule has 1 aromatic rings. The van der Waals surface area contributed by atoms with Crippen molar-refractivity contribution in [1.82, 2.24) is 0 Å². The lowest BCUT2D eigenvalue weighted by molar-refractivity contribution is -0.150. The Morgan fingerprint density at radius 3 is 2.14 bits per heavy atom. The van der Waals surface area contributed by atoms with Crippen LogP contribution in [0.15, 0.2) is 24.3 Å². The van der Waals surface area contributed by atoms with Gasteiger partial charge in [-0.2, -0.15) is 0 Å². The Kier molecular flexibility index (Phi) is 2.04. The first kappa shape index (κ1) is 9.21. The number of aliphatic hydroxyl groups excluding tert-OH is 1. The zero-order valence-electron chi connectivity index (χ0n) is 7.73. The van der Waals surface area contributed by atoms with E-state index in [9.17, 15) is 9.90 Å². The summed E-state index contributed by atoms with van der Waals surface area (Å²) in [6.07, 6.45) is 0.879. The molecule has 0 spiro atoms. The van der Waals surface area contributed by atoms with Gasteiger partial charge in [-0.15, -0.1) is 0 Å². The molecular formula is C11H12O3. The molecule has 2 N–H and O–H groups in total. The van der Waals surface area contributed by atoms with E-state index in [-0.39, 0.29) is 6.61 Å². The van der Waals surface area contributed by atoms with E-state index in [0.717, 1.165) is 11.1 Å². The fraction of sp³-hybridized carbons (Fsp3) is 0.364. The Labute approximate surface area is 82.0 Å². The maximum Gasteiger partial charge on any atom is 0.312 e. The van der Waals surface area contributed by atoms with Crippen molar-refractivity contribution in [3.63, 3.8) is 0 Å². The molecule has 0 unspecified atom stereocenters. The van der Waals surface area contributed by atoms with E-state index in [1.165, 1.54) is 0 Å². The van der Waals surface area contributed by atoms with Crippen LogP contribution in [0.25, 0.3) is 0 Å². The van der Waals surface area contributed by atoms with Crippen molar-refractivity contribution in [2.45, 2.75) is 12.8 Å². The highest BCUT2D eigenvalue weighted by Gasteiger charge is 2.43. The van der Waals surface area contributed by atoms with E-state index in [1.54, 1.807) is 0 Å². The Morgan fingerprint density at radius 1 is 1.29 bits per heavy atom. The minimum absolute atomic E-state index is 0.295. The highest BCUT2D eigenvalue weighted by molar-refractivity contribution is 5.77. The number of carboxylic acid groups (broad SMARTS) is 1. The van der Waals surface area contributed by atoms with Gasteiger partial charge in [-0.3, -0.25) is 4.79 Å². The molecule has 3 nitrogen and oxygen atoms in total. The minimum Gasteiger partial charge on any atom is -0.481 e. The van der Waals surface area contributed by atoms with Crippen LogP contribution in [0.3, 0.4) is 0 Å². The number of hydrogen-bond donors (Lipinski definition) is 2. The first-order valence-electron chi connectivity index (χ1n) is 4.59. The maximum absolute atomic E-state index is 11.1. The molecule has 74 valence electrons. The Morgan fingerprint density at radius 2 is 1.79 bits per heavy atom. The lowest BCUT2D eigenvalue weighted by atomic mass is 9.86. The zero-order chi connectivity index (χ0) is 10.2. The molecule has 0 atom stereocenters. The third kappa shape index (κ3) is 1.21. The normalized spacial score (nSPS) is 17.8. The van der Waals surface area contributed by atoms with Crippen LogP contribution in [0.1, 0.15) is 11.1 Å². The van der Waals surface area contributed by atoms with Gasteiger partial charge in [0.05, 0.1) is 12.0 Å². The molecular weight excluding hydrogens is 180 g/mol. The van der Waals surface area contributed by atoms with Crippen molar-refractivity contribution in [2.24, 2.45) is 5.41 Å². The fourth-order valence-electron chi connectivity index (χ4n) is 2.02. The predicted molar refractivity (Wildman–Crippen MR) is 51.0 cm³/mol. The number of aliphatic hydroxyl groups is 1. The molecule has 0 aromatic heterocycles. The van der Waals surface area contributed by atoms with Crippen LogP contribution < -0.4 is 0 Å². The predicted octanol–water partition coefficient (Wildman–Crippen LogP) is 0.849.